The van der Waals surface area contributed by atoms with Crippen LogP contribution in [0.4, 0.5) is 28.4 Å². The van der Waals surface area contributed by atoms with Crippen molar-refractivity contribution >= 4 is 51.5 Å². The third-order valence-electron chi connectivity index (χ3n) is 18.8. The zero-order valence-corrected chi connectivity index (χ0v) is 41.8. The largest absolute Gasteiger partial charge is 0.334 e. The minimum atomic E-state index is -0.142. The maximum atomic E-state index is 2.81. The van der Waals surface area contributed by atoms with E-state index >= 15 is 0 Å². The number of hydrogen-bond donors (Lipinski definition) is 0. The van der Waals surface area contributed by atoms with Gasteiger partial charge in [0.15, 0.2) is 0 Å². The number of benzene rings is 8. The van der Waals surface area contributed by atoms with E-state index in [1.54, 1.807) is 0 Å². The van der Waals surface area contributed by atoms with Gasteiger partial charge in [0, 0.05) is 44.6 Å². The molecule has 2 atom stereocenters. The molecule has 3 heteroatoms. The van der Waals surface area contributed by atoms with Crippen molar-refractivity contribution in [2.45, 2.75) is 115 Å². The summed E-state index contributed by atoms with van der Waals surface area (Å²) in [5.41, 5.74) is 29.7. The van der Waals surface area contributed by atoms with Crippen molar-refractivity contribution < 1.29 is 0 Å². The van der Waals surface area contributed by atoms with Crippen molar-refractivity contribution in [3.05, 3.63) is 191 Å². The van der Waals surface area contributed by atoms with Gasteiger partial charge < -0.3 is 9.80 Å². The summed E-state index contributed by atoms with van der Waals surface area (Å²) in [6, 6.07) is 62.1. The zero-order chi connectivity index (χ0) is 47.1. The molecule has 8 aromatic carbocycles. The van der Waals surface area contributed by atoms with Crippen LogP contribution in [0, 0.1) is 0 Å². The first-order valence-electron chi connectivity index (χ1n) is 25.8. The van der Waals surface area contributed by atoms with E-state index < -0.39 is 0 Å². The molecule has 2 nitrogen and oxygen atoms in total. The molecular weight excluding hydrogens is 832 g/mol. The lowest BCUT2D eigenvalue weighted by molar-refractivity contribution is 0.195. The Bertz CT molecular complexity index is 3550. The monoisotopic (exact) mass is 892 g/mol. The standard InChI is InChI=1S/C66H61BN2/c1-62(2,3)41-29-30-57(45(33-41)40-21-11-10-12-22-40)68-59-37-47-44-24-14-16-26-51(44)64(6,7)54(47)39-56(59)67-55-38-53-46(43-23-13-15-25-50(43)63(53,4)5)36-48(55)49-34-42(35-60(68)61(49)67)69-58-28-18-17-27-52(58)65(8)31-19-20-32-66(65,69)9/h10-18,21-30,33-39H,19-20,31-32H2,1-9H3. The Morgan fingerprint density at radius 3 is 1.74 bits per heavy atom. The SMILES string of the molecule is CC(C)(C)c1ccc(N2c3cc4c(cc3B3c5cc6c(cc5-c5cc(N7c8ccccc8C8(C)CCCCC78C)cc2c53)-c2ccccc2C6(C)C)C(C)(C)c2ccccc2-4)c(-c2ccccc2)c1. The Labute approximate surface area is 410 Å². The summed E-state index contributed by atoms with van der Waals surface area (Å²) < 4.78 is 0. The zero-order valence-electron chi connectivity index (χ0n) is 41.8. The van der Waals surface area contributed by atoms with Gasteiger partial charge in [0.25, 0.3) is 0 Å². The Morgan fingerprint density at radius 2 is 1.04 bits per heavy atom. The molecule has 338 valence electrons. The van der Waals surface area contributed by atoms with E-state index in [-0.39, 0.29) is 33.9 Å². The van der Waals surface area contributed by atoms with E-state index in [0.29, 0.717) is 0 Å². The van der Waals surface area contributed by atoms with Gasteiger partial charge in [-0.15, -0.1) is 0 Å². The highest BCUT2D eigenvalue weighted by molar-refractivity contribution is 7.01. The van der Waals surface area contributed by atoms with Crippen LogP contribution < -0.4 is 26.2 Å². The summed E-state index contributed by atoms with van der Waals surface area (Å²) in [5.74, 6) is 0. The Morgan fingerprint density at radius 1 is 0.435 bits per heavy atom. The van der Waals surface area contributed by atoms with Crippen LogP contribution in [0.15, 0.2) is 158 Å². The Kier molecular flexibility index (Phi) is 8.16. The summed E-state index contributed by atoms with van der Waals surface area (Å²) in [6.45, 7) is 22.0. The maximum absolute atomic E-state index is 2.81. The number of hydrogen-bond acceptors (Lipinski definition) is 2. The number of rotatable bonds is 3. The van der Waals surface area contributed by atoms with E-state index in [1.165, 1.54) is 142 Å². The van der Waals surface area contributed by atoms with Crippen molar-refractivity contribution in [2.75, 3.05) is 9.80 Å². The van der Waals surface area contributed by atoms with E-state index in [9.17, 15) is 0 Å². The second-order valence-corrected chi connectivity index (χ2v) is 24.0. The summed E-state index contributed by atoms with van der Waals surface area (Å²) >= 11 is 0. The number of para-hydroxylation sites is 1. The molecule has 1 saturated carbocycles. The molecule has 1 fully saturated rings. The number of anilines is 5. The van der Waals surface area contributed by atoms with Crippen molar-refractivity contribution in [1.29, 1.82) is 0 Å². The quantitative estimate of drug-likeness (QED) is 0.163. The minimum absolute atomic E-state index is 0.0239. The van der Waals surface area contributed by atoms with Crippen LogP contribution >= 0.6 is 0 Å². The molecule has 8 aromatic rings. The lowest BCUT2D eigenvalue weighted by Crippen LogP contribution is -2.56. The lowest BCUT2D eigenvalue weighted by atomic mass is 9.36. The summed E-state index contributed by atoms with van der Waals surface area (Å²) in [4.78, 5) is 5.54. The van der Waals surface area contributed by atoms with E-state index in [1.807, 2.05) is 0 Å². The van der Waals surface area contributed by atoms with Crippen LogP contribution in [0.5, 0.6) is 0 Å². The van der Waals surface area contributed by atoms with E-state index in [2.05, 4.69) is 230 Å². The lowest BCUT2D eigenvalue weighted by Gasteiger charge is -2.50. The van der Waals surface area contributed by atoms with Gasteiger partial charge in [-0.1, -0.05) is 189 Å². The molecule has 0 amide bonds. The predicted octanol–water partition coefficient (Wildman–Crippen LogP) is 15.3. The highest BCUT2D eigenvalue weighted by Gasteiger charge is 2.58. The topological polar surface area (TPSA) is 6.48 Å². The molecule has 0 aromatic heterocycles. The minimum Gasteiger partial charge on any atom is -0.334 e. The smallest absolute Gasteiger partial charge is 0.248 e. The fourth-order valence-electron chi connectivity index (χ4n) is 14.9. The highest BCUT2D eigenvalue weighted by atomic mass is 15.3. The predicted molar refractivity (Wildman–Crippen MR) is 293 cm³/mol. The van der Waals surface area contributed by atoms with Crippen LogP contribution in [0.1, 0.15) is 121 Å². The van der Waals surface area contributed by atoms with Crippen LogP contribution in [-0.2, 0) is 21.7 Å². The van der Waals surface area contributed by atoms with E-state index in [0.717, 1.165) is 6.42 Å². The van der Waals surface area contributed by atoms with Crippen LogP contribution in [0.25, 0.3) is 44.5 Å². The molecular formula is C66H61BN2. The van der Waals surface area contributed by atoms with Crippen molar-refractivity contribution in [1.82, 2.24) is 0 Å². The molecule has 3 aliphatic heterocycles. The summed E-state index contributed by atoms with van der Waals surface area (Å²) in [5, 5.41) is 0. The molecule has 69 heavy (non-hydrogen) atoms. The molecule has 0 saturated heterocycles. The molecule has 0 radical (unpaired) electrons. The first kappa shape index (κ1) is 41.4. The fraction of sp³-hybridized carbons (Fsp3) is 0.273. The normalized spacial score (nSPS) is 21.1. The molecule has 2 unspecified atom stereocenters. The van der Waals surface area contributed by atoms with Crippen molar-refractivity contribution in [3.8, 4) is 44.5 Å². The van der Waals surface area contributed by atoms with Gasteiger partial charge in [0.1, 0.15) is 0 Å². The Balaban J connectivity index is 1.13. The molecule has 14 rings (SSSR count). The second-order valence-electron chi connectivity index (χ2n) is 24.0. The van der Waals surface area contributed by atoms with Crippen LogP contribution in [-0.4, -0.2) is 12.3 Å². The molecule has 0 bridgehead atoms. The summed E-state index contributed by atoms with van der Waals surface area (Å²) in [7, 11) is 0. The van der Waals surface area contributed by atoms with Crippen LogP contribution in [0.3, 0.4) is 0 Å². The molecule has 0 N–H and O–H groups in total. The van der Waals surface area contributed by atoms with Gasteiger partial charge in [0.2, 0.25) is 6.71 Å². The van der Waals surface area contributed by atoms with Gasteiger partial charge in [-0.25, -0.2) is 0 Å². The molecule has 3 aliphatic carbocycles. The summed E-state index contributed by atoms with van der Waals surface area (Å²) in [6.07, 6.45) is 4.86. The van der Waals surface area contributed by atoms with Crippen molar-refractivity contribution in [3.63, 3.8) is 0 Å². The Hall–Kier alpha value is -6.58. The number of nitrogens with zero attached hydrogens (tertiary/aromatic N) is 2. The maximum Gasteiger partial charge on any atom is 0.248 e. The van der Waals surface area contributed by atoms with Gasteiger partial charge in [-0.2, -0.15) is 0 Å². The third-order valence-corrected chi connectivity index (χ3v) is 18.8. The second kappa shape index (κ2) is 13.6. The third kappa shape index (κ3) is 5.24. The van der Waals surface area contributed by atoms with Crippen LogP contribution in [0.2, 0.25) is 0 Å². The van der Waals surface area contributed by atoms with E-state index in [4.69, 9.17) is 0 Å². The first-order valence-corrected chi connectivity index (χ1v) is 25.8. The van der Waals surface area contributed by atoms with Gasteiger partial charge >= 0.3 is 0 Å². The number of fused-ring (bicyclic) bond motifs is 14. The average molecular weight is 893 g/mol. The van der Waals surface area contributed by atoms with Gasteiger partial charge in [0.05, 0.1) is 11.2 Å². The highest BCUT2D eigenvalue weighted by Crippen LogP contribution is 2.62. The first-order chi connectivity index (χ1) is 33.1. The average Bonchev–Trinajstić information content (AvgIpc) is 3.95. The van der Waals surface area contributed by atoms with Crippen molar-refractivity contribution in [2.24, 2.45) is 0 Å². The molecule has 3 heterocycles. The fourth-order valence-corrected chi connectivity index (χ4v) is 14.9. The molecule has 0 spiro atoms. The van der Waals surface area contributed by atoms with Gasteiger partial charge in [-0.05, 0) is 151 Å². The van der Waals surface area contributed by atoms with Gasteiger partial charge in [-0.3, -0.25) is 0 Å². The molecule has 6 aliphatic rings.